The summed E-state index contributed by atoms with van der Waals surface area (Å²) in [6.45, 7) is 2.20. The molecule has 0 amide bonds. The lowest BCUT2D eigenvalue weighted by Crippen LogP contribution is -2.40. The quantitative estimate of drug-likeness (QED) is 0.454. The fourth-order valence-electron chi connectivity index (χ4n) is 4.83. The molecule has 6 heteroatoms. The van der Waals surface area contributed by atoms with Crippen LogP contribution in [0.5, 0.6) is 0 Å². The standard InChI is InChI=1S/C20H27F5S/c1-2-14-3-5-15(6-4-14)16-11-12-20(22,19(21)13-16)17-7-9-18(10-8-17)26(23,24)25/h7-10,14-16,19H,2-6,11-13H2,1H3. The average Bonchev–Trinajstić information content (AvgIpc) is 2.63. The molecule has 0 saturated heterocycles. The number of hydrogen-bond acceptors (Lipinski definition) is 0. The SMILES string of the molecule is CCC1CCC(C2CCC(F)(c3ccc(S(F)(F)F)cc3)C(F)C2)CC1. The van der Waals surface area contributed by atoms with Gasteiger partial charge in [0.1, 0.15) is 6.17 Å². The summed E-state index contributed by atoms with van der Waals surface area (Å²) in [5.74, 6) is 1.44. The van der Waals surface area contributed by atoms with Gasteiger partial charge in [0.15, 0.2) is 5.67 Å². The van der Waals surface area contributed by atoms with E-state index in [2.05, 4.69) is 6.92 Å². The van der Waals surface area contributed by atoms with E-state index in [1.165, 1.54) is 19.3 Å². The molecule has 0 heterocycles. The molecule has 1 aromatic rings. The van der Waals surface area contributed by atoms with Crippen molar-refractivity contribution in [2.24, 2.45) is 17.8 Å². The van der Waals surface area contributed by atoms with E-state index in [9.17, 15) is 16.0 Å². The molecule has 1 aromatic carbocycles. The highest BCUT2D eigenvalue weighted by atomic mass is 32.3. The smallest absolute Gasteiger partial charge is 0.237 e. The van der Waals surface area contributed by atoms with Crippen LogP contribution in [0.1, 0.15) is 63.9 Å². The van der Waals surface area contributed by atoms with E-state index >= 15 is 4.39 Å². The molecule has 0 aliphatic heterocycles. The lowest BCUT2D eigenvalue weighted by Gasteiger charge is -2.42. The Morgan fingerprint density at radius 2 is 1.58 bits per heavy atom. The van der Waals surface area contributed by atoms with Crippen LogP contribution in [0.25, 0.3) is 0 Å². The Hall–Kier alpha value is -0.780. The second-order valence-electron chi connectivity index (χ2n) is 7.98. The Bertz CT molecular complexity index is 591. The van der Waals surface area contributed by atoms with Gasteiger partial charge in [-0.2, -0.15) is 0 Å². The van der Waals surface area contributed by atoms with Crippen LogP contribution < -0.4 is 0 Å². The monoisotopic (exact) mass is 394 g/mol. The zero-order valence-electron chi connectivity index (χ0n) is 15.1. The van der Waals surface area contributed by atoms with Crippen LogP contribution in [0.4, 0.5) is 20.4 Å². The van der Waals surface area contributed by atoms with Crippen molar-refractivity contribution in [3.8, 4) is 0 Å². The van der Waals surface area contributed by atoms with Crippen molar-refractivity contribution in [2.75, 3.05) is 0 Å². The Morgan fingerprint density at radius 1 is 0.962 bits per heavy atom. The van der Waals surface area contributed by atoms with Crippen molar-refractivity contribution in [2.45, 2.75) is 75.0 Å². The lowest BCUT2D eigenvalue weighted by molar-refractivity contribution is -0.0273. The predicted molar refractivity (Wildman–Crippen MR) is 96.4 cm³/mol. The largest absolute Gasteiger partial charge is 0.244 e. The molecule has 3 unspecified atom stereocenters. The second kappa shape index (κ2) is 7.69. The van der Waals surface area contributed by atoms with Gasteiger partial charge in [0.25, 0.3) is 0 Å². The number of rotatable bonds is 4. The molecule has 0 N–H and O–H groups in total. The molecule has 3 rings (SSSR count). The summed E-state index contributed by atoms with van der Waals surface area (Å²) in [6, 6.07) is 4.01. The third kappa shape index (κ3) is 4.05. The molecule has 2 aliphatic rings. The first-order valence-corrected chi connectivity index (χ1v) is 10.9. The van der Waals surface area contributed by atoms with Crippen molar-refractivity contribution in [1.82, 2.24) is 0 Å². The van der Waals surface area contributed by atoms with Crippen LogP contribution in [0.2, 0.25) is 0 Å². The van der Waals surface area contributed by atoms with Gasteiger partial charge in [-0.25, -0.2) is 8.78 Å². The number of hydrogen-bond donors (Lipinski definition) is 0. The molecule has 0 nitrogen and oxygen atoms in total. The van der Waals surface area contributed by atoms with E-state index in [1.54, 1.807) is 0 Å². The third-order valence-electron chi connectivity index (χ3n) is 6.62. The minimum atomic E-state index is -5.33. The van der Waals surface area contributed by atoms with E-state index in [0.29, 0.717) is 12.3 Å². The highest BCUT2D eigenvalue weighted by molar-refractivity contribution is 8.20. The minimum absolute atomic E-state index is 0.0468. The Balaban J connectivity index is 1.66. The molecule has 2 saturated carbocycles. The second-order valence-corrected chi connectivity index (χ2v) is 9.27. The van der Waals surface area contributed by atoms with Gasteiger partial charge in [-0.15, -0.1) is 11.7 Å². The molecule has 2 fully saturated rings. The molecular weight excluding hydrogens is 367 g/mol. The van der Waals surface area contributed by atoms with Crippen LogP contribution in [0.3, 0.4) is 0 Å². The Labute approximate surface area is 154 Å². The number of benzene rings is 1. The normalized spacial score (nSPS) is 36.7. The molecule has 0 spiro atoms. The van der Waals surface area contributed by atoms with E-state index in [-0.39, 0.29) is 24.3 Å². The van der Waals surface area contributed by atoms with Crippen molar-refractivity contribution in [3.63, 3.8) is 0 Å². The first-order valence-electron chi connectivity index (χ1n) is 9.59. The number of halogens is 5. The molecule has 148 valence electrons. The van der Waals surface area contributed by atoms with E-state index in [0.717, 1.165) is 43.0 Å². The van der Waals surface area contributed by atoms with Gasteiger partial charge in [0.05, 0.1) is 4.90 Å². The predicted octanol–water partition coefficient (Wildman–Crippen LogP) is 8.02. The molecule has 26 heavy (non-hydrogen) atoms. The van der Waals surface area contributed by atoms with E-state index in [1.807, 2.05) is 0 Å². The summed E-state index contributed by atoms with van der Waals surface area (Å²) in [6.07, 6.45) is 4.95. The molecule has 3 atom stereocenters. The van der Waals surface area contributed by atoms with Gasteiger partial charge in [-0.1, -0.05) is 38.3 Å². The number of alkyl halides is 2. The summed E-state index contributed by atoms with van der Waals surface area (Å²) >= 11 is -5.33. The fraction of sp³-hybridized carbons (Fsp3) is 0.700. The maximum atomic E-state index is 15.3. The minimum Gasteiger partial charge on any atom is -0.244 e. The first-order chi connectivity index (χ1) is 12.2. The highest BCUT2D eigenvalue weighted by Gasteiger charge is 2.47. The molecular formula is C20H27F5S. The molecule has 0 radical (unpaired) electrons. The molecule has 2 aliphatic carbocycles. The van der Waals surface area contributed by atoms with Gasteiger partial charge >= 0.3 is 0 Å². The highest BCUT2D eigenvalue weighted by Crippen LogP contribution is 2.61. The lowest BCUT2D eigenvalue weighted by atomic mass is 9.66. The van der Waals surface area contributed by atoms with Crippen LogP contribution >= 0.6 is 11.2 Å². The summed E-state index contributed by atoms with van der Waals surface area (Å²) in [5, 5.41) is 0. The third-order valence-corrected chi connectivity index (χ3v) is 7.43. The van der Waals surface area contributed by atoms with Gasteiger partial charge in [-0.05, 0) is 67.6 Å². The van der Waals surface area contributed by atoms with Crippen LogP contribution in [0.15, 0.2) is 29.2 Å². The summed E-state index contributed by atoms with van der Waals surface area (Å²) < 4.78 is 68.4. The van der Waals surface area contributed by atoms with Crippen LogP contribution in [-0.2, 0) is 5.67 Å². The topological polar surface area (TPSA) is 0 Å². The van der Waals surface area contributed by atoms with E-state index in [4.69, 9.17) is 0 Å². The zero-order valence-corrected chi connectivity index (χ0v) is 15.9. The fourth-order valence-corrected chi connectivity index (χ4v) is 5.27. The molecule has 0 aromatic heterocycles. The van der Waals surface area contributed by atoms with Gasteiger partial charge in [-0.3, -0.25) is 0 Å². The summed E-state index contributed by atoms with van der Waals surface area (Å²) in [5.41, 5.74) is -2.11. The van der Waals surface area contributed by atoms with Crippen LogP contribution in [0, 0.1) is 17.8 Å². The summed E-state index contributed by atoms with van der Waals surface area (Å²) in [7, 11) is 0. The Morgan fingerprint density at radius 3 is 2.08 bits per heavy atom. The zero-order chi connectivity index (χ0) is 18.9. The average molecular weight is 394 g/mol. The maximum absolute atomic E-state index is 15.3. The Kier molecular flexibility index (Phi) is 5.90. The van der Waals surface area contributed by atoms with Crippen molar-refractivity contribution in [3.05, 3.63) is 29.8 Å². The van der Waals surface area contributed by atoms with E-state index < -0.39 is 27.9 Å². The van der Waals surface area contributed by atoms with Crippen molar-refractivity contribution < 1.29 is 20.4 Å². The van der Waals surface area contributed by atoms with Crippen molar-refractivity contribution in [1.29, 1.82) is 0 Å². The van der Waals surface area contributed by atoms with Gasteiger partial charge in [0, 0.05) is 0 Å². The molecule has 0 bridgehead atoms. The maximum Gasteiger partial charge on any atom is 0.237 e. The first kappa shape index (κ1) is 20.0. The van der Waals surface area contributed by atoms with Crippen molar-refractivity contribution >= 4 is 11.2 Å². The van der Waals surface area contributed by atoms with Gasteiger partial charge in [0.2, 0.25) is 11.2 Å². The summed E-state index contributed by atoms with van der Waals surface area (Å²) in [4.78, 5) is -0.748. The van der Waals surface area contributed by atoms with Gasteiger partial charge < -0.3 is 0 Å². The van der Waals surface area contributed by atoms with Crippen LogP contribution in [-0.4, -0.2) is 6.17 Å².